The summed E-state index contributed by atoms with van der Waals surface area (Å²) >= 11 is 5.92. The number of hydrogen-bond acceptors (Lipinski definition) is 6. The van der Waals surface area contributed by atoms with E-state index in [0.29, 0.717) is 46.6 Å². The number of ether oxygens (including phenoxy) is 3. The number of amides is 2. The summed E-state index contributed by atoms with van der Waals surface area (Å²) in [7, 11) is 1.54. The van der Waals surface area contributed by atoms with E-state index in [1.165, 1.54) is 6.21 Å². The van der Waals surface area contributed by atoms with E-state index >= 15 is 0 Å². The lowest BCUT2D eigenvalue weighted by molar-refractivity contribution is -0.120. The Morgan fingerprint density at radius 2 is 1.71 bits per heavy atom. The lowest BCUT2D eigenvalue weighted by Gasteiger charge is -2.12. The van der Waals surface area contributed by atoms with Crippen LogP contribution < -0.4 is 25.0 Å². The van der Waals surface area contributed by atoms with Crippen LogP contribution in [0.25, 0.3) is 0 Å². The highest BCUT2D eigenvalue weighted by Gasteiger charge is 2.09. The normalized spacial score (nSPS) is 10.6. The first-order valence-corrected chi connectivity index (χ1v) is 11.2. The Bertz CT molecular complexity index is 1160. The number of rotatable bonds is 11. The zero-order valence-electron chi connectivity index (χ0n) is 19.4. The average Bonchev–Trinajstić information content (AvgIpc) is 2.88. The molecule has 0 fully saturated rings. The molecule has 0 bridgehead atoms. The molecule has 3 aromatic rings. The summed E-state index contributed by atoms with van der Waals surface area (Å²) in [6.07, 6.45) is 1.48. The van der Waals surface area contributed by atoms with Gasteiger partial charge in [0, 0.05) is 10.6 Å². The van der Waals surface area contributed by atoms with Gasteiger partial charge in [-0.1, -0.05) is 23.7 Å². The summed E-state index contributed by atoms with van der Waals surface area (Å²) in [5.74, 6) is 0.952. The molecule has 9 heteroatoms. The fourth-order valence-electron chi connectivity index (χ4n) is 2.96. The first-order chi connectivity index (χ1) is 17.0. The smallest absolute Gasteiger partial charge is 0.259 e. The standard InChI is InChI=1S/C26H26ClN3O5/c1-3-34-24-14-19(6-13-23(24)35-17-18-4-9-21(27)10-5-18)15-29-30-25(31)16-28-26(32)20-7-11-22(33-2)12-8-20/h4-15H,3,16-17H2,1-2H3,(H,28,32)(H,30,31). The highest BCUT2D eigenvalue weighted by atomic mass is 35.5. The summed E-state index contributed by atoms with van der Waals surface area (Å²) in [5.41, 5.74) is 4.49. The number of hydrazone groups is 1. The Morgan fingerprint density at radius 1 is 0.971 bits per heavy atom. The minimum Gasteiger partial charge on any atom is -0.497 e. The number of nitrogens with zero attached hydrogens (tertiary/aromatic N) is 1. The number of nitrogens with one attached hydrogen (secondary N) is 2. The van der Waals surface area contributed by atoms with Crippen molar-refractivity contribution in [1.29, 1.82) is 0 Å². The van der Waals surface area contributed by atoms with Gasteiger partial charge in [0.2, 0.25) is 0 Å². The van der Waals surface area contributed by atoms with Crippen molar-refractivity contribution < 1.29 is 23.8 Å². The Hall–Kier alpha value is -4.04. The van der Waals surface area contributed by atoms with Crippen LogP contribution >= 0.6 is 11.6 Å². The van der Waals surface area contributed by atoms with Gasteiger partial charge in [0.05, 0.1) is 26.5 Å². The fraction of sp³-hybridized carbons (Fsp3) is 0.192. The van der Waals surface area contributed by atoms with Crippen molar-refractivity contribution in [3.05, 3.63) is 88.4 Å². The van der Waals surface area contributed by atoms with Crippen LogP contribution in [-0.4, -0.2) is 38.3 Å². The van der Waals surface area contributed by atoms with Crippen LogP contribution in [0.2, 0.25) is 5.02 Å². The number of hydrogen-bond donors (Lipinski definition) is 2. The number of methoxy groups -OCH3 is 1. The molecule has 0 aliphatic carbocycles. The lowest BCUT2D eigenvalue weighted by Crippen LogP contribution is -2.34. The Morgan fingerprint density at radius 3 is 2.40 bits per heavy atom. The van der Waals surface area contributed by atoms with Gasteiger partial charge in [0.1, 0.15) is 12.4 Å². The summed E-state index contributed by atoms with van der Waals surface area (Å²) in [6.45, 7) is 2.49. The van der Waals surface area contributed by atoms with E-state index in [4.69, 9.17) is 25.8 Å². The molecule has 0 heterocycles. The molecule has 0 aliphatic rings. The van der Waals surface area contributed by atoms with E-state index in [1.807, 2.05) is 31.2 Å². The van der Waals surface area contributed by atoms with Crippen LogP contribution in [-0.2, 0) is 11.4 Å². The minimum atomic E-state index is -0.462. The molecule has 3 rings (SSSR count). The second kappa shape index (κ2) is 13.0. The molecule has 0 saturated heterocycles. The Kier molecular flexibility index (Phi) is 9.50. The third-order valence-electron chi connectivity index (χ3n) is 4.74. The number of carbonyl (C=O) groups is 2. The van der Waals surface area contributed by atoms with Crippen LogP contribution in [0, 0.1) is 0 Å². The van der Waals surface area contributed by atoms with Crippen LogP contribution in [0.15, 0.2) is 71.8 Å². The van der Waals surface area contributed by atoms with Gasteiger partial charge in [-0.15, -0.1) is 0 Å². The Balaban J connectivity index is 1.51. The average molecular weight is 496 g/mol. The molecule has 2 N–H and O–H groups in total. The zero-order valence-corrected chi connectivity index (χ0v) is 20.2. The molecule has 8 nitrogen and oxygen atoms in total. The quantitative estimate of drug-likeness (QED) is 0.307. The largest absolute Gasteiger partial charge is 0.497 e. The molecule has 0 aliphatic heterocycles. The summed E-state index contributed by atoms with van der Waals surface area (Å²) < 4.78 is 16.6. The molecule has 3 aromatic carbocycles. The summed E-state index contributed by atoms with van der Waals surface area (Å²) in [6, 6.07) is 19.3. The second-order valence-electron chi connectivity index (χ2n) is 7.26. The van der Waals surface area contributed by atoms with Crippen molar-refractivity contribution in [2.24, 2.45) is 5.10 Å². The minimum absolute atomic E-state index is 0.218. The SMILES string of the molecule is CCOc1cc(C=NNC(=O)CNC(=O)c2ccc(OC)cc2)ccc1OCc1ccc(Cl)cc1. The van der Waals surface area contributed by atoms with Gasteiger partial charge in [-0.2, -0.15) is 5.10 Å². The van der Waals surface area contributed by atoms with Crippen molar-refractivity contribution in [3.8, 4) is 17.2 Å². The molecular formula is C26H26ClN3O5. The maximum atomic E-state index is 12.1. The van der Waals surface area contributed by atoms with E-state index in [0.717, 1.165) is 5.56 Å². The van der Waals surface area contributed by atoms with Crippen molar-refractivity contribution in [3.63, 3.8) is 0 Å². The fourth-order valence-corrected chi connectivity index (χ4v) is 3.08. The van der Waals surface area contributed by atoms with Gasteiger partial charge < -0.3 is 19.5 Å². The second-order valence-corrected chi connectivity index (χ2v) is 7.70. The first-order valence-electron chi connectivity index (χ1n) is 10.9. The number of halogens is 1. The summed E-state index contributed by atoms with van der Waals surface area (Å²) in [4.78, 5) is 24.2. The van der Waals surface area contributed by atoms with Crippen molar-refractivity contribution in [2.45, 2.75) is 13.5 Å². The van der Waals surface area contributed by atoms with E-state index in [1.54, 1.807) is 49.6 Å². The zero-order chi connectivity index (χ0) is 25.0. The maximum absolute atomic E-state index is 12.1. The van der Waals surface area contributed by atoms with E-state index < -0.39 is 5.91 Å². The summed E-state index contributed by atoms with van der Waals surface area (Å²) in [5, 5.41) is 7.15. The van der Waals surface area contributed by atoms with Crippen molar-refractivity contribution in [1.82, 2.24) is 10.7 Å². The monoisotopic (exact) mass is 495 g/mol. The lowest BCUT2D eigenvalue weighted by atomic mass is 10.2. The van der Waals surface area contributed by atoms with Crippen LogP contribution in [0.4, 0.5) is 0 Å². The third-order valence-corrected chi connectivity index (χ3v) is 4.99. The van der Waals surface area contributed by atoms with Crippen LogP contribution in [0.5, 0.6) is 17.2 Å². The van der Waals surface area contributed by atoms with E-state index in [2.05, 4.69) is 15.8 Å². The topological polar surface area (TPSA) is 98.2 Å². The maximum Gasteiger partial charge on any atom is 0.259 e. The molecule has 182 valence electrons. The van der Waals surface area contributed by atoms with Gasteiger partial charge in [0.25, 0.3) is 11.8 Å². The molecule has 0 spiro atoms. The molecule has 0 atom stereocenters. The van der Waals surface area contributed by atoms with Crippen LogP contribution in [0.3, 0.4) is 0 Å². The van der Waals surface area contributed by atoms with Crippen molar-refractivity contribution >= 4 is 29.6 Å². The van der Waals surface area contributed by atoms with Gasteiger partial charge in [-0.25, -0.2) is 5.43 Å². The van der Waals surface area contributed by atoms with Gasteiger partial charge in [0.15, 0.2) is 11.5 Å². The highest BCUT2D eigenvalue weighted by Crippen LogP contribution is 2.29. The predicted molar refractivity (Wildman–Crippen MR) is 134 cm³/mol. The Labute approximate surface area is 208 Å². The molecule has 0 saturated carbocycles. The molecule has 35 heavy (non-hydrogen) atoms. The van der Waals surface area contributed by atoms with E-state index in [-0.39, 0.29) is 12.5 Å². The molecule has 0 unspecified atom stereocenters. The molecular weight excluding hydrogens is 470 g/mol. The van der Waals surface area contributed by atoms with Gasteiger partial charge in [-0.05, 0) is 72.6 Å². The molecule has 0 aromatic heterocycles. The number of carbonyl (C=O) groups excluding carboxylic acids is 2. The van der Waals surface area contributed by atoms with Crippen LogP contribution in [0.1, 0.15) is 28.4 Å². The number of benzene rings is 3. The molecule has 0 radical (unpaired) electrons. The molecule has 2 amide bonds. The third kappa shape index (κ3) is 8.04. The van der Waals surface area contributed by atoms with E-state index in [9.17, 15) is 9.59 Å². The van der Waals surface area contributed by atoms with Crippen molar-refractivity contribution in [2.75, 3.05) is 20.3 Å². The van der Waals surface area contributed by atoms with Gasteiger partial charge in [-0.3, -0.25) is 9.59 Å². The predicted octanol–water partition coefficient (Wildman–Crippen LogP) is 4.21. The van der Waals surface area contributed by atoms with Gasteiger partial charge >= 0.3 is 0 Å². The first kappa shape index (κ1) is 25.6. The highest BCUT2D eigenvalue weighted by molar-refractivity contribution is 6.30.